The van der Waals surface area contributed by atoms with Crippen LogP contribution < -0.4 is 44.0 Å². The topological polar surface area (TPSA) is 230 Å². The van der Waals surface area contributed by atoms with Crippen molar-refractivity contribution in [2.75, 3.05) is 33.2 Å². The molecular formula is C26H55N8O4+. The highest BCUT2D eigenvalue weighted by Gasteiger charge is 2.25. The van der Waals surface area contributed by atoms with E-state index in [1.165, 1.54) is 6.92 Å². The van der Waals surface area contributed by atoms with Gasteiger partial charge in [-0.2, -0.15) is 0 Å². The minimum absolute atomic E-state index is 0.149. The summed E-state index contributed by atoms with van der Waals surface area (Å²) in [5.74, 6) is -1.41. The van der Waals surface area contributed by atoms with Crippen molar-refractivity contribution in [2.24, 2.45) is 16.5 Å². The Kier molecular flexibility index (Phi) is 21.6. The maximum Gasteiger partial charge on any atom is 0.245 e. The number of Topliss-reactive ketones (excluding diaryl/α,β-unsaturated/α-hetero) is 1. The molecule has 13 N–H and O–H groups in total. The Morgan fingerprint density at radius 3 is 1.71 bits per heavy atom. The Bertz CT molecular complexity index is 692. The second-order valence-electron chi connectivity index (χ2n) is 9.82. The van der Waals surface area contributed by atoms with Crippen LogP contribution in [0.4, 0.5) is 0 Å². The van der Waals surface area contributed by atoms with Gasteiger partial charge in [-0.05, 0) is 104 Å². The van der Waals surface area contributed by atoms with Crippen molar-refractivity contribution in [2.45, 2.75) is 108 Å². The van der Waals surface area contributed by atoms with E-state index in [2.05, 4.69) is 32.4 Å². The van der Waals surface area contributed by atoms with E-state index in [1.54, 1.807) is 7.05 Å². The van der Waals surface area contributed by atoms with Crippen molar-refractivity contribution in [3.05, 3.63) is 0 Å². The number of ketones is 1. The molecule has 0 aliphatic heterocycles. The maximum absolute atomic E-state index is 13.3. The zero-order valence-corrected chi connectivity index (χ0v) is 23.8. The second kappa shape index (κ2) is 22.8. The third kappa shape index (κ3) is 16.0. The smallest absolute Gasteiger partial charge is 0.245 e. The number of rotatable bonds is 24. The second-order valence-corrected chi connectivity index (χ2v) is 9.82. The zero-order valence-electron chi connectivity index (χ0n) is 23.8. The van der Waals surface area contributed by atoms with Crippen LogP contribution in [0.1, 0.15) is 84.0 Å². The summed E-state index contributed by atoms with van der Waals surface area (Å²) in [6.45, 7) is 3.93. The lowest BCUT2D eigenvalue weighted by molar-refractivity contribution is -0.369. The fraction of sp³-hybridized carbons (Fsp3) is 0.846. The van der Waals surface area contributed by atoms with Crippen LogP contribution in [-0.4, -0.2) is 80.9 Å². The molecule has 0 aromatic heterocycles. The van der Waals surface area contributed by atoms with Gasteiger partial charge in [-0.25, -0.2) is 0 Å². The van der Waals surface area contributed by atoms with Crippen molar-refractivity contribution in [1.82, 2.24) is 16.0 Å². The Balaban J connectivity index is 5.74. The Morgan fingerprint density at radius 2 is 1.21 bits per heavy atom. The molecule has 0 aromatic rings. The van der Waals surface area contributed by atoms with Crippen molar-refractivity contribution >= 4 is 23.5 Å². The number of carbonyl (C=O) groups excluding carboxylic acids is 3. The van der Waals surface area contributed by atoms with E-state index in [-0.39, 0.29) is 11.7 Å². The monoisotopic (exact) mass is 543 g/mol. The van der Waals surface area contributed by atoms with Crippen molar-refractivity contribution in [3.8, 4) is 0 Å². The van der Waals surface area contributed by atoms with Gasteiger partial charge < -0.3 is 44.0 Å². The Morgan fingerprint density at radius 1 is 0.737 bits per heavy atom. The molecule has 0 spiro atoms. The normalized spacial score (nSPS) is 14.9. The fourth-order valence-corrected chi connectivity index (χ4v) is 4.10. The first kappa shape index (κ1) is 35.9. The lowest BCUT2D eigenvalue weighted by atomic mass is 10.0. The standard InChI is InChI=1S/C26H54N8O4/c1-19(35)20(11-3-7-15-27)32-25(37)22(13-5-9-17-29)34-26(38)23(14-6-10-18-30)33-24(36)21(31-2)12-4-8-16-28/h20-23,31H,3-18,27-30H2,1-2H3,(H,32,37)(H,33,36)(H,34,38)/p+1. The quantitative estimate of drug-likeness (QED) is 0.0387. The molecule has 0 radical (unpaired) electrons. The zero-order chi connectivity index (χ0) is 28.8. The molecule has 0 bridgehead atoms. The van der Waals surface area contributed by atoms with Gasteiger partial charge in [-0.15, -0.1) is 0 Å². The van der Waals surface area contributed by atoms with Gasteiger partial charge >= 0.3 is 0 Å². The number of quaternary nitrogens is 2. The minimum Gasteiger partial charge on any atom is -0.861 e. The summed E-state index contributed by atoms with van der Waals surface area (Å²) in [6.07, 6.45) is 7.87. The molecule has 12 nitrogen and oxygen atoms in total. The molecule has 12 heteroatoms. The molecule has 0 aliphatic carbocycles. The first-order valence-corrected chi connectivity index (χ1v) is 14.3. The van der Waals surface area contributed by atoms with Gasteiger partial charge in [0.1, 0.15) is 6.04 Å². The number of hydrogen-bond donors (Lipinski definition) is 7. The number of amides is 2. The average Bonchev–Trinajstić information content (AvgIpc) is 2.89. The van der Waals surface area contributed by atoms with Crippen LogP contribution in [-0.2, 0) is 14.4 Å². The van der Waals surface area contributed by atoms with Crippen molar-refractivity contribution < 1.29 is 31.0 Å². The van der Waals surface area contributed by atoms with E-state index in [9.17, 15) is 19.5 Å². The first-order valence-electron chi connectivity index (χ1n) is 14.3. The van der Waals surface area contributed by atoms with E-state index in [0.717, 1.165) is 38.6 Å². The first-order chi connectivity index (χ1) is 18.2. The van der Waals surface area contributed by atoms with Crippen LogP contribution in [0.3, 0.4) is 0 Å². The maximum atomic E-state index is 13.3. The summed E-state index contributed by atoms with van der Waals surface area (Å²) in [5, 5.41) is 22.0. The van der Waals surface area contributed by atoms with Gasteiger partial charge in [-0.1, -0.05) is 6.42 Å². The highest BCUT2D eigenvalue weighted by Crippen LogP contribution is 2.11. The van der Waals surface area contributed by atoms with Gasteiger partial charge in [0.2, 0.25) is 11.8 Å². The molecule has 38 heavy (non-hydrogen) atoms. The number of aliphatic imine (C=N–C) groups is 1. The lowest BCUT2D eigenvalue weighted by Gasteiger charge is -2.28. The average molecular weight is 544 g/mol. The number of nitrogens with one attached hydrogen (secondary N) is 3. The third-order valence-electron chi connectivity index (χ3n) is 6.54. The molecule has 2 amide bonds. The summed E-state index contributed by atoms with van der Waals surface area (Å²) in [7, 11) is 1.71. The van der Waals surface area contributed by atoms with Gasteiger partial charge in [0, 0.05) is 0 Å². The van der Waals surface area contributed by atoms with Crippen LogP contribution in [0, 0.1) is 0 Å². The largest absolute Gasteiger partial charge is 0.861 e. The Labute approximate surface area is 228 Å². The number of carbonyl (C=O) groups is 3. The molecule has 4 atom stereocenters. The molecule has 222 valence electrons. The number of nitrogens with two attached hydrogens (primary N) is 2. The fourth-order valence-electron chi connectivity index (χ4n) is 4.10. The van der Waals surface area contributed by atoms with E-state index in [1.807, 2.05) is 0 Å². The van der Waals surface area contributed by atoms with E-state index in [0.29, 0.717) is 64.6 Å². The molecule has 0 heterocycles. The summed E-state index contributed by atoms with van der Waals surface area (Å²) < 4.78 is 0. The summed E-state index contributed by atoms with van der Waals surface area (Å²) in [6, 6.07) is -2.88. The molecule has 0 aromatic carbocycles. The minimum atomic E-state index is -0.942. The number of unbranched alkanes of at least 4 members (excludes halogenated alkanes) is 4. The highest BCUT2D eigenvalue weighted by molar-refractivity contribution is 5.92. The number of hydrogen-bond acceptors (Lipinski definition) is 8. The highest BCUT2D eigenvalue weighted by atomic mass is 16.3. The predicted molar refractivity (Wildman–Crippen MR) is 148 cm³/mol. The third-order valence-corrected chi connectivity index (χ3v) is 6.54. The molecular weight excluding hydrogens is 488 g/mol. The van der Waals surface area contributed by atoms with Gasteiger partial charge in [0.05, 0.1) is 31.2 Å². The predicted octanol–water partition coefficient (Wildman–Crippen LogP) is -2.66. The Hall–Kier alpha value is -2.12. The van der Waals surface area contributed by atoms with Crippen LogP contribution in [0.5, 0.6) is 0 Å². The van der Waals surface area contributed by atoms with Crippen LogP contribution in [0.2, 0.25) is 0 Å². The molecule has 0 aliphatic rings. The summed E-state index contributed by atoms with van der Waals surface area (Å²) in [4.78, 5) is 42.5. The summed E-state index contributed by atoms with van der Waals surface area (Å²) in [5.41, 5.74) is 18.8. The SMILES string of the molecule is CNC(CCCCN)C(=O)NC(CCCC[NH3+])C([O-])=NC(CCCC[NH3+])C(=O)NC(CCCCN)C(C)=O. The molecule has 4 unspecified atom stereocenters. The number of nitrogens with zero attached hydrogens (tertiary/aromatic N) is 1. The van der Waals surface area contributed by atoms with Crippen molar-refractivity contribution in [3.63, 3.8) is 0 Å². The van der Waals surface area contributed by atoms with E-state index in [4.69, 9.17) is 11.5 Å². The summed E-state index contributed by atoms with van der Waals surface area (Å²) >= 11 is 0. The number of likely N-dealkylation sites (N-methyl/N-ethyl adjacent to an activating group) is 1. The van der Waals surface area contributed by atoms with Gasteiger partial charge in [-0.3, -0.25) is 19.4 Å². The lowest BCUT2D eigenvalue weighted by Crippen LogP contribution is -2.53. The van der Waals surface area contributed by atoms with E-state index >= 15 is 0 Å². The van der Waals surface area contributed by atoms with Gasteiger partial charge in [0.15, 0.2) is 5.78 Å². The van der Waals surface area contributed by atoms with Gasteiger partial charge in [0.25, 0.3) is 0 Å². The molecule has 0 rings (SSSR count). The van der Waals surface area contributed by atoms with E-state index < -0.39 is 36.0 Å². The van der Waals surface area contributed by atoms with Crippen LogP contribution in [0.15, 0.2) is 4.99 Å². The van der Waals surface area contributed by atoms with Crippen molar-refractivity contribution in [1.29, 1.82) is 0 Å². The van der Waals surface area contributed by atoms with Crippen LogP contribution in [0.25, 0.3) is 0 Å². The van der Waals surface area contributed by atoms with Crippen LogP contribution >= 0.6 is 0 Å². The molecule has 0 fully saturated rings. The molecule has 0 saturated carbocycles. The molecule has 0 saturated heterocycles.